The third kappa shape index (κ3) is 22.4. The summed E-state index contributed by atoms with van der Waals surface area (Å²) in [6.07, 6.45) is 51.2. The molecule has 1 unspecified atom stereocenters. The van der Waals surface area contributed by atoms with Gasteiger partial charge in [-0.25, -0.2) is 0 Å². The Bertz CT molecular complexity index is 1550. The zero-order valence-corrected chi connectivity index (χ0v) is 42.6. The maximum atomic E-state index is 2.46. The highest BCUT2D eigenvalue weighted by atomic mass is 32.1. The van der Waals surface area contributed by atoms with E-state index in [2.05, 4.69) is 80.6 Å². The minimum absolute atomic E-state index is 0.854. The molecule has 0 N–H and O–H groups in total. The van der Waals surface area contributed by atoms with Crippen LogP contribution in [0.15, 0.2) is 48.5 Å². The number of unbranched alkanes of at least 4 members (excludes halogenated alkanes) is 29. The number of aryl methyl sites for hydroxylation is 1. The van der Waals surface area contributed by atoms with E-state index in [1.54, 1.807) is 9.75 Å². The van der Waals surface area contributed by atoms with Crippen molar-refractivity contribution in [1.29, 1.82) is 0 Å². The van der Waals surface area contributed by atoms with Crippen LogP contribution >= 0.6 is 45.3 Å². The van der Waals surface area contributed by atoms with Gasteiger partial charge in [-0.1, -0.05) is 233 Å². The van der Waals surface area contributed by atoms with Crippen molar-refractivity contribution >= 4 is 45.3 Å². The Balaban J connectivity index is 1.11. The van der Waals surface area contributed by atoms with Crippen LogP contribution in [-0.4, -0.2) is 0 Å². The molecule has 4 heterocycles. The van der Waals surface area contributed by atoms with Gasteiger partial charge in [0.2, 0.25) is 0 Å². The number of hydrogen-bond acceptors (Lipinski definition) is 4. The SMILES string of the molecule is CCCCCCCCCCCCCCCCCCCCc1ccc(-c2ccc(-c3ccc(-c4ccc(CC(CCCCCCCC)CCCCCCCCCC)s4)s3)s2)s1. The minimum atomic E-state index is 0.854. The second kappa shape index (κ2) is 34.2. The van der Waals surface area contributed by atoms with Gasteiger partial charge in [0.25, 0.3) is 0 Å². The molecule has 4 heteroatoms. The zero-order chi connectivity index (χ0) is 42.1. The molecule has 0 fully saturated rings. The van der Waals surface area contributed by atoms with Gasteiger partial charge in [0.15, 0.2) is 0 Å². The van der Waals surface area contributed by atoms with Crippen molar-refractivity contribution in [3.8, 4) is 29.3 Å². The molecule has 0 aliphatic heterocycles. The molecular formula is C56H90S4. The average Bonchev–Trinajstić information content (AvgIpc) is 4.10. The summed E-state index contributed by atoms with van der Waals surface area (Å²) in [6.45, 7) is 6.96. The number of thiophene rings is 4. The predicted molar refractivity (Wildman–Crippen MR) is 279 cm³/mol. The fourth-order valence-corrected chi connectivity index (χ4v) is 13.5. The quantitative estimate of drug-likeness (QED) is 0.0390. The van der Waals surface area contributed by atoms with Crippen LogP contribution in [0.1, 0.15) is 249 Å². The summed E-state index contributed by atoms with van der Waals surface area (Å²) in [7, 11) is 0. The van der Waals surface area contributed by atoms with Crippen LogP contribution in [0.25, 0.3) is 29.3 Å². The van der Waals surface area contributed by atoms with Crippen LogP contribution in [0, 0.1) is 5.92 Å². The normalized spacial score (nSPS) is 12.2. The molecular weight excluding hydrogens is 801 g/mol. The summed E-state index contributed by atoms with van der Waals surface area (Å²) in [5.41, 5.74) is 0. The van der Waals surface area contributed by atoms with Crippen LogP contribution in [-0.2, 0) is 12.8 Å². The minimum Gasteiger partial charge on any atom is -0.139 e. The van der Waals surface area contributed by atoms with Crippen molar-refractivity contribution in [2.75, 3.05) is 0 Å². The molecule has 0 nitrogen and oxygen atoms in total. The van der Waals surface area contributed by atoms with Crippen molar-refractivity contribution in [2.24, 2.45) is 5.92 Å². The number of hydrogen-bond donors (Lipinski definition) is 0. The predicted octanol–water partition coefficient (Wildman–Crippen LogP) is 22.0. The number of rotatable bonds is 40. The molecule has 4 aromatic heterocycles. The molecule has 4 aromatic rings. The Morgan fingerprint density at radius 3 is 0.917 bits per heavy atom. The highest BCUT2D eigenvalue weighted by molar-refractivity contribution is 7.28. The Hall–Kier alpha value is -1.20. The van der Waals surface area contributed by atoms with Gasteiger partial charge < -0.3 is 0 Å². The Morgan fingerprint density at radius 1 is 0.283 bits per heavy atom. The molecule has 60 heavy (non-hydrogen) atoms. The molecule has 0 radical (unpaired) electrons. The summed E-state index contributed by atoms with van der Waals surface area (Å²) in [5, 5.41) is 0. The van der Waals surface area contributed by atoms with E-state index in [0.29, 0.717) is 0 Å². The lowest BCUT2D eigenvalue weighted by atomic mass is 9.91. The van der Waals surface area contributed by atoms with Gasteiger partial charge in [-0.2, -0.15) is 0 Å². The summed E-state index contributed by atoms with van der Waals surface area (Å²) >= 11 is 8.06. The lowest BCUT2D eigenvalue weighted by molar-refractivity contribution is 0.402. The van der Waals surface area contributed by atoms with Crippen LogP contribution in [0.5, 0.6) is 0 Å². The molecule has 1 atom stereocenters. The Morgan fingerprint density at radius 2 is 0.550 bits per heavy atom. The largest absolute Gasteiger partial charge is 0.139 e. The zero-order valence-electron chi connectivity index (χ0n) is 39.3. The van der Waals surface area contributed by atoms with Crippen molar-refractivity contribution in [2.45, 2.75) is 252 Å². The van der Waals surface area contributed by atoms with Crippen molar-refractivity contribution in [3.05, 3.63) is 58.3 Å². The molecule has 0 spiro atoms. The molecule has 0 amide bonds. The fourth-order valence-electron chi connectivity index (χ4n) is 9.08. The van der Waals surface area contributed by atoms with E-state index in [0.717, 1.165) is 5.92 Å². The smallest absolute Gasteiger partial charge is 0.0449 e. The van der Waals surface area contributed by atoms with E-state index in [9.17, 15) is 0 Å². The van der Waals surface area contributed by atoms with E-state index in [-0.39, 0.29) is 0 Å². The van der Waals surface area contributed by atoms with Gasteiger partial charge >= 0.3 is 0 Å². The van der Waals surface area contributed by atoms with Gasteiger partial charge in [-0.15, -0.1) is 45.3 Å². The molecule has 0 saturated carbocycles. The molecule has 4 rings (SSSR count). The fraction of sp³-hybridized carbons (Fsp3) is 0.714. The van der Waals surface area contributed by atoms with Crippen molar-refractivity contribution < 1.29 is 0 Å². The third-order valence-electron chi connectivity index (χ3n) is 13.0. The summed E-state index contributed by atoms with van der Waals surface area (Å²) in [6, 6.07) is 19.1. The average molecular weight is 892 g/mol. The van der Waals surface area contributed by atoms with Gasteiger partial charge in [0.1, 0.15) is 0 Å². The molecule has 0 saturated heterocycles. The first-order valence-corrected chi connectivity index (χ1v) is 29.3. The lowest BCUT2D eigenvalue weighted by Crippen LogP contribution is -2.04. The molecule has 338 valence electrons. The van der Waals surface area contributed by atoms with E-state index >= 15 is 0 Å². The summed E-state index contributed by atoms with van der Waals surface area (Å²) < 4.78 is 0. The maximum absolute atomic E-state index is 2.46. The first-order chi connectivity index (χ1) is 29.7. The molecule has 0 aliphatic rings. The van der Waals surface area contributed by atoms with E-state index in [1.807, 2.05) is 34.0 Å². The topological polar surface area (TPSA) is 0 Å². The first-order valence-electron chi connectivity index (χ1n) is 26.1. The van der Waals surface area contributed by atoms with Gasteiger partial charge in [0, 0.05) is 39.0 Å². The molecule has 0 bridgehead atoms. The van der Waals surface area contributed by atoms with Crippen LogP contribution in [0.4, 0.5) is 0 Å². The van der Waals surface area contributed by atoms with Gasteiger partial charge in [-0.3, -0.25) is 0 Å². The van der Waals surface area contributed by atoms with E-state index in [1.165, 1.54) is 260 Å². The van der Waals surface area contributed by atoms with E-state index < -0.39 is 0 Å². The highest BCUT2D eigenvalue weighted by Crippen LogP contribution is 2.43. The maximum Gasteiger partial charge on any atom is 0.0449 e. The summed E-state index contributed by atoms with van der Waals surface area (Å²) in [5.74, 6) is 0.854. The van der Waals surface area contributed by atoms with Gasteiger partial charge in [0.05, 0.1) is 0 Å². The van der Waals surface area contributed by atoms with Crippen LogP contribution in [0.3, 0.4) is 0 Å². The summed E-state index contributed by atoms with van der Waals surface area (Å²) in [4.78, 5) is 11.8. The van der Waals surface area contributed by atoms with E-state index in [4.69, 9.17) is 0 Å². The van der Waals surface area contributed by atoms with Crippen LogP contribution < -0.4 is 0 Å². The van der Waals surface area contributed by atoms with Crippen LogP contribution in [0.2, 0.25) is 0 Å². The first kappa shape index (κ1) is 51.4. The second-order valence-corrected chi connectivity index (χ2v) is 23.0. The lowest BCUT2D eigenvalue weighted by Gasteiger charge is -2.16. The standard InChI is InChI=1S/C56H90S4/c1-4-7-10-13-16-18-19-20-21-22-23-24-25-26-27-29-32-35-38-49-39-41-51(57-49)53-43-45-55(59-53)56-46-44-54(60-56)52-42-40-50(58-52)47-48(36-33-30-15-12-9-6-3)37-34-31-28-17-14-11-8-5-2/h39-46,48H,4-38,47H2,1-3H3. The third-order valence-corrected chi connectivity index (χ3v) is 18.0. The monoisotopic (exact) mass is 891 g/mol. The Labute approximate surface area is 388 Å². The Kier molecular flexibility index (Phi) is 29.4. The molecule has 0 aromatic carbocycles. The molecule has 0 aliphatic carbocycles. The second-order valence-electron chi connectivity index (χ2n) is 18.5. The highest BCUT2D eigenvalue weighted by Gasteiger charge is 2.15. The van der Waals surface area contributed by atoms with Gasteiger partial charge in [-0.05, 0) is 73.7 Å². The van der Waals surface area contributed by atoms with Crippen molar-refractivity contribution in [3.63, 3.8) is 0 Å². The van der Waals surface area contributed by atoms with Crippen molar-refractivity contribution in [1.82, 2.24) is 0 Å².